The molecule has 0 saturated carbocycles. The summed E-state index contributed by atoms with van der Waals surface area (Å²) in [5, 5.41) is 0. The first-order valence-corrected chi connectivity index (χ1v) is 5.23. The molecular formula is C5H15N2O3P. The lowest BCUT2D eigenvalue weighted by Crippen LogP contribution is -2.24. The summed E-state index contributed by atoms with van der Waals surface area (Å²) in [6, 6.07) is 0. The van der Waals surface area contributed by atoms with Crippen molar-refractivity contribution in [1.29, 1.82) is 0 Å². The Bertz CT molecular complexity index is 118. The van der Waals surface area contributed by atoms with E-state index >= 15 is 0 Å². The summed E-state index contributed by atoms with van der Waals surface area (Å²) in [5.41, 5.74) is 2.26. The van der Waals surface area contributed by atoms with Crippen LogP contribution in [0.25, 0.3) is 0 Å². The van der Waals surface area contributed by atoms with Gasteiger partial charge >= 0.3 is 7.60 Å². The van der Waals surface area contributed by atoms with Gasteiger partial charge in [0.15, 0.2) is 0 Å². The van der Waals surface area contributed by atoms with E-state index in [4.69, 9.17) is 14.9 Å². The first-order chi connectivity index (χ1) is 5.18. The summed E-state index contributed by atoms with van der Waals surface area (Å²) in [7, 11) is -2.96. The summed E-state index contributed by atoms with van der Waals surface area (Å²) in [4.78, 5) is 0. The molecule has 0 saturated heterocycles. The van der Waals surface area contributed by atoms with Crippen molar-refractivity contribution in [2.45, 2.75) is 13.8 Å². The van der Waals surface area contributed by atoms with Gasteiger partial charge < -0.3 is 9.05 Å². The Labute approximate surface area is 66.7 Å². The molecule has 0 aromatic rings. The molecule has 68 valence electrons. The maximum Gasteiger partial charge on any atom is 0.345 e. The van der Waals surface area contributed by atoms with Gasteiger partial charge in [0.25, 0.3) is 0 Å². The quantitative estimate of drug-likeness (QED) is 0.359. The van der Waals surface area contributed by atoms with Gasteiger partial charge in [0, 0.05) is 0 Å². The molecule has 0 spiro atoms. The first-order valence-electron chi connectivity index (χ1n) is 3.50. The van der Waals surface area contributed by atoms with Gasteiger partial charge in [-0.05, 0) is 13.8 Å². The molecule has 0 bridgehead atoms. The summed E-state index contributed by atoms with van der Waals surface area (Å²) in [6.45, 7) is 4.22. The molecular weight excluding hydrogens is 167 g/mol. The van der Waals surface area contributed by atoms with Crippen molar-refractivity contribution in [2.75, 3.05) is 19.5 Å². The molecule has 5 nitrogen and oxygen atoms in total. The molecule has 0 aliphatic carbocycles. The van der Waals surface area contributed by atoms with Crippen molar-refractivity contribution >= 4 is 7.60 Å². The molecule has 6 heteroatoms. The zero-order chi connectivity index (χ0) is 8.74. The van der Waals surface area contributed by atoms with Crippen molar-refractivity contribution in [1.82, 2.24) is 5.43 Å². The minimum absolute atomic E-state index is 0.0503. The molecule has 0 rings (SSSR count). The molecule has 0 aliphatic rings. The molecule has 0 atom stereocenters. The number of hydrogen-bond acceptors (Lipinski definition) is 5. The monoisotopic (exact) mass is 182 g/mol. The second-order valence-electron chi connectivity index (χ2n) is 1.81. The SMILES string of the molecule is CCOP(=O)(CNN)OCC. The lowest BCUT2D eigenvalue weighted by atomic mass is 10.9. The van der Waals surface area contributed by atoms with E-state index in [1.165, 1.54) is 0 Å². The van der Waals surface area contributed by atoms with Crippen LogP contribution in [0.1, 0.15) is 13.8 Å². The van der Waals surface area contributed by atoms with E-state index in [1.54, 1.807) is 13.8 Å². The number of nitrogens with one attached hydrogen (secondary N) is 1. The number of rotatable bonds is 6. The summed E-state index contributed by atoms with van der Waals surface area (Å²) in [6.07, 6.45) is 0.0503. The highest BCUT2D eigenvalue weighted by atomic mass is 31.2. The zero-order valence-corrected chi connectivity index (χ0v) is 7.77. The third kappa shape index (κ3) is 4.50. The van der Waals surface area contributed by atoms with Crippen LogP contribution < -0.4 is 11.3 Å². The van der Waals surface area contributed by atoms with Gasteiger partial charge in [-0.15, -0.1) is 0 Å². The van der Waals surface area contributed by atoms with Crippen LogP contribution in [0.15, 0.2) is 0 Å². The summed E-state index contributed by atoms with van der Waals surface area (Å²) >= 11 is 0. The minimum atomic E-state index is -2.96. The summed E-state index contributed by atoms with van der Waals surface area (Å²) in [5.74, 6) is 4.99. The second kappa shape index (κ2) is 5.69. The number of hydrazine groups is 1. The van der Waals surface area contributed by atoms with Gasteiger partial charge in [-0.25, -0.2) is 5.43 Å². The fourth-order valence-electron chi connectivity index (χ4n) is 0.634. The Morgan fingerprint density at radius 3 is 2.09 bits per heavy atom. The number of nitrogens with two attached hydrogens (primary N) is 1. The van der Waals surface area contributed by atoms with Crippen molar-refractivity contribution in [3.63, 3.8) is 0 Å². The van der Waals surface area contributed by atoms with Crippen LogP contribution in [0.4, 0.5) is 0 Å². The highest BCUT2D eigenvalue weighted by Gasteiger charge is 2.21. The molecule has 0 amide bonds. The molecule has 0 radical (unpaired) electrons. The van der Waals surface area contributed by atoms with Gasteiger partial charge in [-0.1, -0.05) is 0 Å². The van der Waals surface area contributed by atoms with Crippen molar-refractivity contribution in [2.24, 2.45) is 5.84 Å². The van der Waals surface area contributed by atoms with Gasteiger partial charge in [0.05, 0.1) is 13.2 Å². The Kier molecular flexibility index (Phi) is 5.72. The topological polar surface area (TPSA) is 73.6 Å². The van der Waals surface area contributed by atoms with Crippen LogP contribution in [-0.2, 0) is 13.6 Å². The molecule has 0 heterocycles. The van der Waals surface area contributed by atoms with E-state index in [2.05, 4.69) is 5.43 Å². The maximum atomic E-state index is 11.4. The highest BCUT2D eigenvalue weighted by Crippen LogP contribution is 2.46. The summed E-state index contributed by atoms with van der Waals surface area (Å²) < 4.78 is 21.2. The fourth-order valence-corrected chi connectivity index (χ4v) is 1.90. The molecule has 0 aliphatic heterocycles. The first kappa shape index (κ1) is 11.1. The van der Waals surface area contributed by atoms with E-state index in [9.17, 15) is 4.57 Å². The van der Waals surface area contributed by atoms with Crippen LogP contribution >= 0.6 is 7.60 Å². The minimum Gasteiger partial charge on any atom is -0.308 e. The Hall–Kier alpha value is 0.0700. The third-order valence-electron chi connectivity index (χ3n) is 0.937. The largest absolute Gasteiger partial charge is 0.345 e. The van der Waals surface area contributed by atoms with Crippen molar-refractivity contribution in [3.8, 4) is 0 Å². The Morgan fingerprint density at radius 1 is 1.36 bits per heavy atom. The third-order valence-corrected chi connectivity index (χ3v) is 2.81. The molecule has 0 aromatic carbocycles. The Balaban J connectivity index is 3.91. The fraction of sp³-hybridized carbons (Fsp3) is 1.00. The predicted molar refractivity (Wildman–Crippen MR) is 43.0 cm³/mol. The van der Waals surface area contributed by atoms with Gasteiger partial charge in [0.1, 0.15) is 6.29 Å². The smallest absolute Gasteiger partial charge is 0.308 e. The molecule has 0 aromatic heterocycles. The van der Waals surface area contributed by atoms with Crippen LogP contribution in [0, 0.1) is 0 Å². The lowest BCUT2D eigenvalue weighted by molar-refractivity contribution is 0.218. The van der Waals surface area contributed by atoms with Crippen molar-refractivity contribution < 1.29 is 13.6 Å². The maximum absolute atomic E-state index is 11.4. The number of hydrogen-bond donors (Lipinski definition) is 2. The highest BCUT2D eigenvalue weighted by molar-refractivity contribution is 7.53. The Morgan fingerprint density at radius 2 is 1.82 bits per heavy atom. The van der Waals surface area contributed by atoms with Gasteiger partial charge in [-0.3, -0.25) is 10.4 Å². The van der Waals surface area contributed by atoms with Gasteiger partial charge in [-0.2, -0.15) is 0 Å². The molecule has 0 unspecified atom stereocenters. The molecule has 11 heavy (non-hydrogen) atoms. The van der Waals surface area contributed by atoms with E-state index < -0.39 is 7.60 Å². The molecule has 3 N–H and O–H groups in total. The van der Waals surface area contributed by atoms with E-state index in [0.29, 0.717) is 13.2 Å². The zero-order valence-electron chi connectivity index (χ0n) is 6.87. The van der Waals surface area contributed by atoms with E-state index in [0.717, 1.165) is 0 Å². The standard InChI is InChI=1S/C5H15N2O3P/c1-3-9-11(8,5-7-6)10-4-2/h7H,3-6H2,1-2H3. The van der Waals surface area contributed by atoms with Crippen LogP contribution in [0.3, 0.4) is 0 Å². The van der Waals surface area contributed by atoms with Crippen LogP contribution in [0.2, 0.25) is 0 Å². The van der Waals surface area contributed by atoms with Gasteiger partial charge in [0.2, 0.25) is 0 Å². The average molecular weight is 182 g/mol. The van der Waals surface area contributed by atoms with E-state index in [1.807, 2.05) is 0 Å². The lowest BCUT2D eigenvalue weighted by Gasteiger charge is -2.15. The van der Waals surface area contributed by atoms with Crippen LogP contribution in [0.5, 0.6) is 0 Å². The van der Waals surface area contributed by atoms with Crippen molar-refractivity contribution in [3.05, 3.63) is 0 Å². The molecule has 0 fully saturated rings. The van der Waals surface area contributed by atoms with E-state index in [-0.39, 0.29) is 6.29 Å². The average Bonchev–Trinajstić information content (AvgIpc) is 1.88. The normalized spacial score (nSPS) is 11.9. The predicted octanol–water partition coefficient (Wildman–Crippen LogP) is 0.673. The second-order valence-corrected chi connectivity index (χ2v) is 3.86. The van der Waals surface area contributed by atoms with Crippen LogP contribution in [-0.4, -0.2) is 19.5 Å².